The van der Waals surface area contributed by atoms with Crippen molar-refractivity contribution in [2.75, 3.05) is 7.05 Å². The molecule has 1 heterocycles. The van der Waals surface area contributed by atoms with Crippen molar-refractivity contribution in [2.45, 2.75) is 18.0 Å². The fourth-order valence-corrected chi connectivity index (χ4v) is 4.78. The van der Waals surface area contributed by atoms with Crippen molar-refractivity contribution in [1.82, 2.24) is 19.4 Å². The lowest BCUT2D eigenvalue weighted by Crippen LogP contribution is -2.27. The van der Waals surface area contributed by atoms with E-state index in [1.54, 1.807) is 10.9 Å². The lowest BCUT2D eigenvalue weighted by Gasteiger charge is -2.18. The summed E-state index contributed by atoms with van der Waals surface area (Å²) in [5, 5.41) is 7.26. The fraction of sp³-hybridized carbons (Fsp3) is 0.120. The Morgan fingerprint density at radius 3 is 2.38 bits per heavy atom. The molecule has 0 aliphatic rings. The van der Waals surface area contributed by atoms with E-state index in [1.807, 2.05) is 66.9 Å². The summed E-state index contributed by atoms with van der Waals surface area (Å²) in [6, 6.07) is 23.0. The molecule has 34 heavy (non-hydrogen) atoms. The largest absolute Gasteiger partial charge is 0.348 e. The Morgan fingerprint density at radius 2 is 1.68 bits per heavy atom. The molecule has 0 unspecified atom stereocenters. The molecule has 3 aromatic carbocycles. The minimum Gasteiger partial charge on any atom is -0.348 e. The number of halogens is 1. The molecule has 0 aliphatic carbocycles. The summed E-state index contributed by atoms with van der Waals surface area (Å²) in [5.74, 6) is -0.472. The summed E-state index contributed by atoms with van der Waals surface area (Å²) in [6.45, 7) is 0.422. The fourth-order valence-electron chi connectivity index (χ4n) is 3.40. The molecule has 0 atom stereocenters. The van der Waals surface area contributed by atoms with Gasteiger partial charge in [-0.05, 0) is 35.9 Å². The number of carbonyl (C=O) groups is 1. The van der Waals surface area contributed by atoms with Gasteiger partial charge in [-0.2, -0.15) is 9.40 Å². The molecule has 4 aromatic rings. The molecule has 0 saturated carbocycles. The van der Waals surface area contributed by atoms with Crippen molar-refractivity contribution in [3.05, 3.63) is 113 Å². The van der Waals surface area contributed by atoms with E-state index in [0.29, 0.717) is 0 Å². The first kappa shape index (κ1) is 23.7. The van der Waals surface area contributed by atoms with Crippen LogP contribution >= 0.6 is 11.6 Å². The molecular formula is C25H23ClN4O3S. The average molecular weight is 495 g/mol. The van der Waals surface area contributed by atoms with Crippen molar-refractivity contribution in [2.24, 2.45) is 0 Å². The molecule has 9 heteroatoms. The highest BCUT2D eigenvalue weighted by Crippen LogP contribution is 2.23. The van der Waals surface area contributed by atoms with Crippen molar-refractivity contribution >= 4 is 27.5 Å². The first-order valence-electron chi connectivity index (χ1n) is 10.5. The first-order valence-corrected chi connectivity index (χ1v) is 12.3. The predicted octanol–water partition coefficient (Wildman–Crippen LogP) is 4.28. The molecule has 7 nitrogen and oxygen atoms in total. The summed E-state index contributed by atoms with van der Waals surface area (Å²) in [5.41, 5.74) is 2.64. The molecule has 4 rings (SSSR count). The monoisotopic (exact) mass is 494 g/mol. The van der Waals surface area contributed by atoms with Crippen molar-refractivity contribution in [3.63, 3.8) is 0 Å². The quantitative estimate of drug-likeness (QED) is 0.396. The van der Waals surface area contributed by atoms with E-state index in [4.69, 9.17) is 11.6 Å². The molecule has 0 aliphatic heterocycles. The van der Waals surface area contributed by atoms with Crippen LogP contribution in [-0.4, -0.2) is 35.5 Å². The molecule has 1 amide bonds. The Balaban J connectivity index is 1.47. The average Bonchev–Trinajstić information content (AvgIpc) is 3.33. The highest BCUT2D eigenvalue weighted by molar-refractivity contribution is 7.89. The molecule has 0 saturated heterocycles. The molecule has 1 aromatic heterocycles. The Bertz CT molecular complexity index is 1390. The van der Waals surface area contributed by atoms with Gasteiger partial charge in [0.05, 0.1) is 27.4 Å². The van der Waals surface area contributed by atoms with Crippen LogP contribution in [0.1, 0.15) is 21.5 Å². The number of hydrogen-bond acceptors (Lipinski definition) is 4. The standard InChI is InChI=1S/C25H23ClN4O3S/c1-29(17-19-8-4-2-5-9-19)34(32,33)22-12-13-24(26)23(14-22)25(31)27-15-20-16-28-30(18-20)21-10-6-3-7-11-21/h2-14,16,18H,15,17H2,1H3,(H,27,31). The van der Waals surface area contributed by atoms with Gasteiger partial charge in [-0.1, -0.05) is 60.1 Å². The number of sulfonamides is 1. The van der Waals surface area contributed by atoms with Crippen LogP contribution in [0, 0.1) is 0 Å². The highest BCUT2D eigenvalue weighted by Gasteiger charge is 2.23. The SMILES string of the molecule is CN(Cc1ccccc1)S(=O)(=O)c1ccc(Cl)c(C(=O)NCc2cnn(-c3ccccc3)c2)c1. The van der Waals surface area contributed by atoms with Crippen LogP contribution in [0.4, 0.5) is 0 Å². The number of amides is 1. The normalized spacial score (nSPS) is 11.5. The minimum atomic E-state index is -3.82. The second kappa shape index (κ2) is 10.2. The number of benzene rings is 3. The maximum atomic E-state index is 13.1. The van der Waals surface area contributed by atoms with E-state index < -0.39 is 15.9 Å². The summed E-state index contributed by atoms with van der Waals surface area (Å²) in [7, 11) is -2.32. The van der Waals surface area contributed by atoms with Crippen LogP contribution in [0.5, 0.6) is 0 Å². The Labute approximate surface area is 203 Å². The summed E-state index contributed by atoms with van der Waals surface area (Å²) in [6.07, 6.45) is 3.48. The number of nitrogens with zero attached hydrogens (tertiary/aromatic N) is 3. The van der Waals surface area contributed by atoms with Gasteiger partial charge in [-0.25, -0.2) is 13.1 Å². The van der Waals surface area contributed by atoms with Gasteiger partial charge in [0.25, 0.3) is 5.91 Å². The summed E-state index contributed by atoms with van der Waals surface area (Å²) < 4.78 is 29.1. The van der Waals surface area contributed by atoms with Crippen LogP contribution in [0.25, 0.3) is 5.69 Å². The smallest absolute Gasteiger partial charge is 0.253 e. The number of aromatic nitrogens is 2. The third-order valence-electron chi connectivity index (χ3n) is 5.25. The zero-order valence-electron chi connectivity index (χ0n) is 18.4. The van der Waals surface area contributed by atoms with Crippen molar-refractivity contribution in [1.29, 1.82) is 0 Å². The van der Waals surface area contributed by atoms with Crippen LogP contribution in [0.2, 0.25) is 5.02 Å². The van der Waals surface area contributed by atoms with Crippen LogP contribution < -0.4 is 5.32 Å². The van der Waals surface area contributed by atoms with Gasteiger partial charge in [-0.3, -0.25) is 4.79 Å². The number of para-hydroxylation sites is 1. The van der Waals surface area contributed by atoms with Crippen LogP contribution in [0.3, 0.4) is 0 Å². The van der Waals surface area contributed by atoms with E-state index in [2.05, 4.69) is 10.4 Å². The van der Waals surface area contributed by atoms with Crippen molar-refractivity contribution < 1.29 is 13.2 Å². The zero-order valence-corrected chi connectivity index (χ0v) is 20.0. The third kappa shape index (κ3) is 5.36. The molecular weight excluding hydrogens is 472 g/mol. The van der Waals surface area contributed by atoms with E-state index in [0.717, 1.165) is 16.8 Å². The zero-order chi connectivity index (χ0) is 24.1. The number of hydrogen-bond donors (Lipinski definition) is 1. The second-order valence-electron chi connectivity index (χ2n) is 7.70. The Morgan fingerprint density at radius 1 is 1.00 bits per heavy atom. The van der Waals surface area contributed by atoms with Gasteiger partial charge in [0.2, 0.25) is 10.0 Å². The highest BCUT2D eigenvalue weighted by atomic mass is 35.5. The summed E-state index contributed by atoms with van der Waals surface area (Å²) in [4.78, 5) is 12.8. The number of carbonyl (C=O) groups excluding carboxylic acids is 1. The van der Waals surface area contributed by atoms with Gasteiger partial charge in [-0.15, -0.1) is 0 Å². The summed E-state index contributed by atoms with van der Waals surface area (Å²) >= 11 is 6.23. The maximum Gasteiger partial charge on any atom is 0.253 e. The molecule has 0 bridgehead atoms. The minimum absolute atomic E-state index is 0.00243. The van der Waals surface area contributed by atoms with Gasteiger partial charge >= 0.3 is 0 Å². The van der Waals surface area contributed by atoms with Crippen molar-refractivity contribution in [3.8, 4) is 5.69 Å². The van der Waals surface area contributed by atoms with E-state index >= 15 is 0 Å². The lowest BCUT2D eigenvalue weighted by molar-refractivity contribution is 0.0951. The molecule has 0 spiro atoms. The van der Waals surface area contributed by atoms with Gasteiger partial charge in [0, 0.05) is 31.9 Å². The van der Waals surface area contributed by atoms with Gasteiger partial charge in [0.15, 0.2) is 0 Å². The Kier molecular flexibility index (Phi) is 7.12. The first-order chi connectivity index (χ1) is 16.3. The second-order valence-corrected chi connectivity index (χ2v) is 10.2. The van der Waals surface area contributed by atoms with Gasteiger partial charge < -0.3 is 5.32 Å². The lowest BCUT2D eigenvalue weighted by atomic mass is 10.2. The van der Waals surface area contributed by atoms with E-state index in [1.165, 1.54) is 29.6 Å². The third-order valence-corrected chi connectivity index (χ3v) is 7.38. The predicted molar refractivity (Wildman–Crippen MR) is 131 cm³/mol. The number of rotatable bonds is 8. The molecule has 1 N–H and O–H groups in total. The van der Waals surface area contributed by atoms with Gasteiger partial charge in [0.1, 0.15) is 0 Å². The molecule has 174 valence electrons. The molecule has 0 fully saturated rings. The van der Waals surface area contributed by atoms with E-state index in [9.17, 15) is 13.2 Å². The Hall–Kier alpha value is -3.46. The molecule has 0 radical (unpaired) electrons. The topological polar surface area (TPSA) is 84.3 Å². The maximum absolute atomic E-state index is 13.1. The van der Waals surface area contributed by atoms with E-state index in [-0.39, 0.29) is 28.6 Å². The van der Waals surface area contributed by atoms with Crippen LogP contribution in [0.15, 0.2) is 96.2 Å². The number of nitrogens with one attached hydrogen (secondary N) is 1. The van der Waals surface area contributed by atoms with Crippen LogP contribution in [-0.2, 0) is 23.1 Å².